The van der Waals surface area contributed by atoms with Gasteiger partial charge in [0.15, 0.2) is 5.13 Å². The van der Waals surface area contributed by atoms with Crippen LogP contribution in [0.25, 0.3) is 10.2 Å². The van der Waals surface area contributed by atoms with E-state index in [0.717, 1.165) is 29.2 Å². The normalized spacial score (nSPS) is 19.2. The molecule has 1 aliphatic rings. The van der Waals surface area contributed by atoms with E-state index >= 15 is 0 Å². The number of anilines is 1. The van der Waals surface area contributed by atoms with Gasteiger partial charge >= 0.3 is 0 Å². The zero-order chi connectivity index (χ0) is 13.4. The van der Waals surface area contributed by atoms with E-state index in [1.165, 1.54) is 23.5 Å². The van der Waals surface area contributed by atoms with Crippen LogP contribution >= 0.6 is 11.3 Å². The minimum absolute atomic E-state index is 0.0597. The fraction of sp³-hybridized carbons (Fsp3) is 0.417. The lowest BCUT2D eigenvalue weighted by Crippen LogP contribution is -2.31. The Morgan fingerprint density at radius 2 is 2.42 bits per heavy atom. The van der Waals surface area contributed by atoms with Crippen LogP contribution in [0.3, 0.4) is 0 Å². The predicted molar refractivity (Wildman–Crippen MR) is 73.7 cm³/mol. The van der Waals surface area contributed by atoms with Crippen molar-refractivity contribution < 1.29 is 10.0 Å². The van der Waals surface area contributed by atoms with Crippen LogP contribution in [0.2, 0.25) is 0 Å². The second kappa shape index (κ2) is 4.75. The molecule has 1 unspecified atom stereocenters. The average Bonchev–Trinajstić information content (AvgIpc) is 3.03. The molecule has 3 rings (SSSR count). The summed E-state index contributed by atoms with van der Waals surface area (Å²) in [5.41, 5.74) is 0.710. The Morgan fingerprint density at radius 3 is 3.16 bits per heavy atom. The number of nitro benzene ring substituents is 1. The molecule has 1 atom stereocenters. The zero-order valence-electron chi connectivity index (χ0n) is 10.2. The van der Waals surface area contributed by atoms with E-state index in [0.29, 0.717) is 5.52 Å². The number of non-ortho nitro benzene ring substituents is 1. The number of nitro groups is 1. The Balaban J connectivity index is 1.99. The van der Waals surface area contributed by atoms with Gasteiger partial charge in [-0.3, -0.25) is 10.1 Å². The van der Waals surface area contributed by atoms with Gasteiger partial charge in [0.2, 0.25) is 0 Å². The maximum absolute atomic E-state index is 10.7. The van der Waals surface area contributed by atoms with E-state index in [1.54, 1.807) is 6.07 Å². The van der Waals surface area contributed by atoms with Crippen LogP contribution in [-0.2, 0) is 0 Å². The van der Waals surface area contributed by atoms with Crippen LogP contribution in [0.5, 0.6) is 0 Å². The van der Waals surface area contributed by atoms with E-state index in [4.69, 9.17) is 0 Å². The minimum Gasteiger partial charge on any atom is -0.394 e. The summed E-state index contributed by atoms with van der Waals surface area (Å²) in [6, 6.07) is 4.85. The first-order chi connectivity index (χ1) is 9.19. The number of benzene rings is 1. The molecule has 100 valence electrons. The first kappa shape index (κ1) is 12.3. The maximum Gasteiger partial charge on any atom is 0.271 e. The molecule has 1 aliphatic heterocycles. The summed E-state index contributed by atoms with van der Waals surface area (Å²) in [6.07, 6.45) is 2.01. The molecule has 1 aromatic heterocycles. The molecule has 1 aromatic carbocycles. The van der Waals surface area contributed by atoms with Crippen LogP contribution in [-0.4, -0.2) is 34.2 Å². The van der Waals surface area contributed by atoms with Crippen LogP contribution in [0, 0.1) is 10.1 Å². The highest BCUT2D eigenvalue weighted by atomic mass is 32.1. The topological polar surface area (TPSA) is 79.5 Å². The maximum atomic E-state index is 10.7. The van der Waals surface area contributed by atoms with Crippen LogP contribution in [0.1, 0.15) is 12.8 Å². The van der Waals surface area contributed by atoms with E-state index < -0.39 is 4.92 Å². The minimum atomic E-state index is -0.412. The van der Waals surface area contributed by atoms with Gasteiger partial charge in [0.1, 0.15) is 0 Å². The third kappa shape index (κ3) is 2.15. The second-order valence-electron chi connectivity index (χ2n) is 4.58. The second-order valence-corrected chi connectivity index (χ2v) is 5.59. The summed E-state index contributed by atoms with van der Waals surface area (Å²) in [5, 5.41) is 20.9. The Labute approximate surface area is 113 Å². The predicted octanol–water partition coefficient (Wildman–Crippen LogP) is 2.17. The summed E-state index contributed by atoms with van der Waals surface area (Å²) < 4.78 is 0.934. The Hall–Kier alpha value is -1.73. The first-order valence-electron chi connectivity index (χ1n) is 6.11. The summed E-state index contributed by atoms with van der Waals surface area (Å²) in [6.45, 7) is 1.00. The van der Waals surface area contributed by atoms with Gasteiger partial charge in [0.05, 0.1) is 27.8 Å². The smallest absolute Gasteiger partial charge is 0.271 e. The molecule has 2 heterocycles. The van der Waals surface area contributed by atoms with Crippen molar-refractivity contribution >= 4 is 32.4 Å². The van der Waals surface area contributed by atoms with Crippen LogP contribution in [0.15, 0.2) is 18.2 Å². The van der Waals surface area contributed by atoms with Gasteiger partial charge in [-0.15, -0.1) is 0 Å². The Kier molecular flexibility index (Phi) is 3.08. The number of rotatable bonds is 3. The van der Waals surface area contributed by atoms with Gasteiger partial charge < -0.3 is 10.0 Å². The highest BCUT2D eigenvalue weighted by molar-refractivity contribution is 7.22. The third-order valence-electron chi connectivity index (χ3n) is 3.40. The fourth-order valence-electron chi connectivity index (χ4n) is 2.42. The summed E-state index contributed by atoms with van der Waals surface area (Å²) in [4.78, 5) is 16.9. The Bertz CT molecular complexity index is 628. The molecule has 0 bridgehead atoms. The largest absolute Gasteiger partial charge is 0.394 e. The number of aliphatic hydroxyl groups excluding tert-OH is 1. The third-order valence-corrected chi connectivity index (χ3v) is 4.48. The van der Waals surface area contributed by atoms with Gasteiger partial charge in [-0.2, -0.15) is 0 Å². The number of hydrogen-bond acceptors (Lipinski definition) is 6. The lowest BCUT2D eigenvalue weighted by atomic mass is 10.2. The number of hydrogen-bond donors (Lipinski definition) is 1. The zero-order valence-corrected chi connectivity index (χ0v) is 11.0. The van der Waals surface area contributed by atoms with Crippen molar-refractivity contribution in [2.75, 3.05) is 18.1 Å². The fourth-order valence-corrected chi connectivity index (χ4v) is 3.46. The van der Waals surface area contributed by atoms with Crippen LogP contribution in [0.4, 0.5) is 10.8 Å². The monoisotopic (exact) mass is 279 g/mol. The average molecular weight is 279 g/mol. The van der Waals surface area contributed by atoms with Crippen molar-refractivity contribution in [3.63, 3.8) is 0 Å². The van der Waals surface area contributed by atoms with Gasteiger partial charge in [-0.05, 0) is 18.9 Å². The highest BCUT2D eigenvalue weighted by Crippen LogP contribution is 2.34. The quantitative estimate of drug-likeness (QED) is 0.688. The molecule has 0 radical (unpaired) electrons. The molecule has 0 amide bonds. The summed E-state index contributed by atoms with van der Waals surface area (Å²) in [7, 11) is 0. The molecule has 0 spiro atoms. The summed E-state index contributed by atoms with van der Waals surface area (Å²) in [5.74, 6) is 0. The van der Waals surface area contributed by atoms with E-state index in [2.05, 4.69) is 9.88 Å². The molecular formula is C12H13N3O3S. The lowest BCUT2D eigenvalue weighted by Gasteiger charge is -2.21. The molecule has 7 heteroatoms. The van der Waals surface area contributed by atoms with E-state index in [-0.39, 0.29) is 18.3 Å². The molecule has 1 N–H and O–H groups in total. The number of fused-ring (bicyclic) bond motifs is 1. The molecule has 0 saturated carbocycles. The lowest BCUT2D eigenvalue weighted by molar-refractivity contribution is -0.384. The number of thiazole rings is 1. The van der Waals surface area contributed by atoms with Crippen molar-refractivity contribution in [1.29, 1.82) is 0 Å². The number of aromatic nitrogens is 1. The van der Waals surface area contributed by atoms with Crippen LogP contribution < -0.4 is 4.90 Å². The van der Waals surface area contributed by atoms with Gasteiger partial charge in [-0.25, -0.2) is 4.98 Å². The summed E-state index contributed by atoms with van der Waals surface area (Å²) >= 11 is 1.52. The SMILES string of the molecule is O=[N+]([O-])c1ccc2sc(N3CCCC3CO)nc2c1. The van der Waals surface area contributed by atoms with Gasteiger partial charge in [0.25, 0.3) is 5.69 Å². The van der Waals surface area contributed by atoms with Gasteiger partial charge in [0, 0.05) is 18.7 Å². The van der Waals surface area contributed by atoms with E-state index in [1.807, 2.05) is 0 Å². The van der Waals surface area contributed by atoms with Crippen molar-refractivity contribution in [2.24, 2.45) is 0 Å². The van der Waals surface area contributed by atoms with Gasteiger partial charge in [-0.1, -0.05) is 11.3 Å². The Morgan fingerprint density at radius 1 is 1.58 bits per heavy atom. The molecule has 19 heavy (non-hydrogen) atoms. The van der Waals surface area contributed by atoms with Crippen molar-refractivity contribution in [1.82, 2.24) is 4.98 Å². The van der Waals surface area contributed by atoms with Crippen molar-refractivity contribution in [3.05, 3.63) is 28.3 Å². The van der Waals surface area contributed by atoms with Crippen molar-refractivity contribution in [2.45, 2.75) is 18.9 Å². The molecular weight excluding hydrogens is 266 g/mol. The molecule has 1 fully saturated rings. The molecule has 1 saturated heterocycles. The van der Waals surface area contributed by atoms with Crippen molar-refractivity contribution in [3.8, 4) is 0 Å². The molecule has 0 aliphatic carbocycles. The van der Waals surface area contributed by atoms with E-state index in [9.17, 15) is 15.2 Å². The molecule has 6 nitrogen and oxygen atoms in total. The number of nitrogens with zero attached hydrogens (tertiary/aromatic N) is 3. The standard InChI is InChI=1S/C12H13N3O3S/c16-7-9-2-1-5-14(9)12-13-10-6-8(15(17)18)3-4-11(10)19-12/h3-4,6,9,16H,1-2,5,7H2. The molecule has 2 aromatic rings. The highest BCUT2D eigenvalue weighted by Gasteiger charge is 2.26. The number of aliphatic hydroxyl groups is 1. The first-order valence-corrected chi connectivity index (χ1v) is 6.93.